The molecule has 20 heavy (non-hydrogen) atoms. The number of likely N-dealkylation sites (N-methyl/N-ethyl adjacent to an activating group) is 1. The van der Waals surface area contributed by atoms with Crippen molar-refractivity contribution in [2.45, 2.75) is 18.3 Å². The van der Waals surface area contributed by atoms with Crippen LogP contribution < -0.4 is 4.90 Å². The van der Waals surface area contributed by atoms with Gasteiger partial charge in [-0.1, -0.05) is 0 Å². The van der Waals surface area contributed by atoms with Gasteiger partial charge in [0.2, 0.25) is 0 Å². The van der Waals surface area contributed by atoms with Crippen LogP contribution in [0.3, 0.4) is 0 Å². The molecule has 2 aliphatic heterocycles. The summed E-state index contributed by atoms with van der Waals surface area (Å²) in [6.07, 6.45) is -3.08. The van der Waals surface area contributed by atoms with Gasteiger partial charge in [-0.3, -0.25) is 4.90 Å². The summed E-state index contributed by atoms with van der Waals surface area (Å²) in [6, 6.07) is 2.33. The van der Waals surface area contributed by atoms with Gasteiger partial charge in [0, 0.05) is 25.8 Å². The van der Waals surface area contributed by atoms with E-state index in [0.717, 1.165) is 18.7 Å². The minimum atomic E-state index is -4.34. The van der Waals surface area contributed by atoms with Crippen LogP contribution >= 0.6 is 0 Å². The fraction of sp³-hybridized carbons (Fsp3) is 0.615. The third kappa shape index (κ3) is 2.47. The number of nitrogens with zero attached hydrogens (tertiary/aromatic N) is 3. The third-order valence-corrected chi connectivity index (χ3v) is 3.98. The van der Waals surface area contributed by atoms with Crippen molar-refractivity contribution >= 4 is 5.82 Å². The molecule has 0 saturated carbocycles. The zero-order valence-electron chi connectivity index (χ0n) is 11.1. The molecular formula is C13H16F3N3O. The number of pyridine rings is 1. The molecule has 110 valence electrons. The minimum Gasteiger partial charge on any atom is -0.373 e. The van der Waals surface area contributed by atoms with Crippen molar-refractivity contribution in [1.29, 1.82) is 0 Å². The molecule has 2 fully saturated rings. The lowest BCUT2D eigenvalue weighted by Crippen LogP contribution is -2.48. The molecule has 0 N–H and O–H groups in total. The van der Waals surface area contributed by atoms with Crippen molar-refractivity contribution in [2.24, 2.45) is 0 Å². The van der Waals surface area contributed by atoms with Gasteiger partial charge < -0.3 is 9.64 Å². The zero-order chi connectivity index (χ0) is 14.3. The summed E-state index contributed by atoms with van der Waals surface area (Å²) in [5.41, 5.74) is -0.661. The van der Waals surface area contributed by atoms with E-state index in [1.54, 1.807) is 0 Å². The number of ether oxygens (including phenoxy) is 1. The first-order valence-corrected chi connectivity index (χ1v) is 6.55. The third-order valence-electron chi connectivity index (χ3n) is 3.98. The molecule has 0 aliphatic carbocycles. The van der Waals surface area contributed by atoms with Crippen molar-refractivity contribution < 1.29 is 17.9 Å². The second-order valence-electron chi connectivity index (χ2n) is 5.26. The van der Waals surface area contributed by atoms with Gasteiger partial charge >= 0.3 is 6.18 Å². The molecule has 0 amide bonds. The Morgan fingerprint density at radius 1 is 1.35 bits per heavy atom. The van der Waals surface area contributed by atoms with Crippen LogP contribution in [0.25, 0.3) is 0 Å². The molecule has 2 saturated heterocycles. The number of anilines is 1. The average Bonchev–Trinajstić information content (AvgIpc) is 2.83. The monoisotopic (exact) mass is 287 g/mol. The standard InChI is InChI=1S/C13H16F3N3O/c1-18-4-5-20-11-8-19(7-10(11)18)12-6-9(2-3-17-12)13(14,15)16/h2-3,6,10-11H,4-5,7-8H2,1H3. The Hall–Kier alpha value is -1.34. The maximum atomic E-state index is 12.7. The molecule has 2 aliphatic rings. The first-order valence-electron chi connectivity index (χ1n) is 6.55. The molecule has 3 heterocycles. The van der Waals surface area contributed by atoms with Gasteiger partial charge in [-0.25, -0.2) is 4.98 Å². The summed E-state index contributed by atoms with van der Waals surface area (Å²) < 4.78 is 43.9. The molecule has 4 nitrogen and oxygen atoms in total. The number of rotatable bonds is 1. The summed E-state index contributed by atoms with van der Waals surface area (Å²) in [4.78, 5) is 8.13. The van der Waals surface area contributed by atoms with Gasteiger partial charge in [0.05, 0.1) is 24.3 Å². The highest BCUT2D eigenvalue weighted by molar-refractivity contribution is 5.44. The lowest BCUT2D eigenvalue weighted by molar-refractivity contribution is -0.137. The van der Waals surface area contributed by atoms with Crippen LogP contribution in [0.4, 0.5) is 19.0 Å². The predicted octanol–water partition coefficient (Wildman–Crippen LogP) is 1.62. The van der Waals surface area contributed by atoms with E-state index in [-0.39, 0.29) is 12.1 Å². The van der Waals surface area contributed by atoms with Crippen LogP contribution in [0, 0.1) is 0 Å². The number of morpholine rings is 1. The number of hydrogen-bond acceptors (Lipinski definition) is 4. The Bertz CT molecular complexity index is 494. The smallest absolute Gasteiger partial charge is 0.373 e. The Labute approximate surface area is 115 Å². The average molecular weight is 287 g/mol. The Kier molecular flexibility index (Phi) is 3.33. The fourth-order valence-corrected chi connectivity index (χ4v) is 2.81. The summed E-state index contributed by atoms with van der Waals surface area (Å²) in [5, 5.41) is 0. The van der Waals surface area contributed by atoms with Crippen molar-refractivity contribution in [2.75, 3.05) is 38.2 Å². The van der Waals surface area contributed by atoms with Gasteiger partial charge in [0.1, 0.15) is 5.82 Å². The van der Waals surface area contributed by atoms with E-state index in [9.17, 15) is 13.2 Å². The molecule has 0 bridgehead atoms. The second kappa shape index (κ2) is 4.89. The van der Waals surface area contributed by atoms with E-state index in [4.69, 9.17) is 4.74 Å². The maximum absolute atomic E-state index is 12.7. The molecule has 0 aromatic carbocycles. The summed E-state index contributed by atoms with van der Waals surface area (Å²) in [5.74, 6) is 0.367. The lowest BCUT2D eigenvalue weighted by atomic mass is 10.1. The van der Waals surface area contributed by atoms with Crippen LogP contribution in [0.2, 0.25) is 0 Å². The Morgan fingerprint density at radius 2 is 2.15 bits per heavy atom. The summed E-state index contributed by atoms with van der Waals surface area (Å²) in [6.45, 7) is 2.76. The van der Waals surface area contributed by atoms with E-state index in [2.05, 4.69) is 9.88 Å². The fourth-order valence-electron chi connectivity index (χ4n) is 2.81. The Balaban J connectivity index is 1.81. The van der Waals surface area contributed by atoms with E-state index in [1.807, 2.05) is 11.9 Å². The minimum absolute atomic E-state index is 0.0464. The van der Waals surface area contributed by atoms with Crippen molar-refractivity contribution in [1.82, 2.24) is 9.88 Å². The van der Waals surface area contributed by atoms with Crippen LogP contribution in [0.5, 0.6) is 0 Å². The highest BCUT2D eigenvalue weighted by atomic mass is 19.4. The van der Waals surface area contributed by atoms with Gasteiger partial charge in [0.15, 0.2) is 0 Å². The topological polar surface area (TPSA) is 28.6 Å². The van der Waals surface area contributed by atoms with Crippen LogP contribution in [0.1, 0.15) is 5.56 Å². The normalized spacial score (nSPS) is 27.7. The van der Waals surface area contributed by atoms with Crippen molar-refractivity contribution in [3.8, 4) is 0 Å². The number of hydrogen-bond donors (Lipinski definition) is 0. The first kappa shape index (κ1) is 13.6. The number of fused-ring (bicyclic) bond motifs is 1. The van der Waals surface area contributed by atoms with Gasteiger partial charge in [-0.2, -0.15) is 13.2 Å². The van der Waals surface area contributed by atoms with Crippen LogP contribution in [0.15, 0.2) is 18.3 Å². The van der Waals surface area contributed by atoms with Gasteiger partial charge in [0.25, 0.3) is 0 Å². The van der Waals surface area contributed by atoms with E-state index in [1.165, 1.54) is 6.20 Å². The SMILES string of the molecule is CN1CCOC2CN(c3cc(C(F)(F)F)ccn3)CC21. The molecule has 7 heteroatoms. The van der Waals surface area contributed by atoms with Crippen molar-refractivity contribution in [3.05, 3.63) is 23.9 Å². The highest BCUT2D eigenvalue weighted by Crippen LogP contribution is 2.32. The molecule has 0 radical (unpaired) electrons. The first-order chi connectivity index (χ1) is 9.45. The van der Waals surface area contributed by atoms with Crippen molar-refractivity contribution in [3.63, 3.8) is 0 Å². The molecule has 2 atom stereocenters. The molecule has 0 spiro atoms. The van der Waals surface area contributed by atoms with E-state index in [0.29, 0.717) is 25.5 Å². The predicted molar refractivity (Wildman–Crippen MR) is 67.6 cm³/mol. The summed E-state index contributed by atoms with van der Waals surface area (Å²) in [7, 11) is 2.02. The largest absolute Gasteiger partial charge is 0.416 e. The molecule has 1 aromatic heterocycles. The Morgan fingerprint density at radius 3 is 2.85 bits per heavy atom. The quantitative estimate of drug-likeness (QED) is 0.785. The summed E-state index contributed by atoms with van der Waals surface area (Å²) >= 11 is 0. The molecular weight excluding hydrogens is 271 g/mol. The number of alkyl halides is 3. The van der Waals surface area contributed by atoms with Crippen LogP contribution in [-0.2, 0) is 10.9 Å². The van der Waals surface area contributed by atoms with E-state index >= 15 is 0 Å². The van der Waals surface area contributed by atoms with Gasteiger partial charge in [-0.05, 0) is 19.2 Å². The lowest BCUT2D eigenvalue weighted by Gasteiger charge is -2.33. The zero-order valence-corrected chi connectivity index (χ0v) is 11.1. The highest BCUT2D eigenvalue weighted by Gasteiger charge is 2.39. The number of aromatic nitrogens is 1. The number of halogens is 3. The molecule has 3 rings (SSSR count). The maximum Gasteiger partial charge on any atom is 0.416 e. The molecule has 2 unspecified atom stereocenters. The van der Waals surface area contributed by atoms with Gasteiger partial charge in [-0.15, -0.1) is 0 Å². The van der Waals surface area contributed by atoms with Crippen LogP contribution in [-0.4, -0.2) is 55.3 Å². The van der Waals surface area contributed by atoms with E-state index < -0.39 is 11.7 Å². The second-order valence-corrected chi connectivity index (χ2v) is 5.26. The molecule has 1 aromatic rings.